The van der Waals surface area contributed by atoms with Crippen molar-refractivity contribution in [3.8, 4) is 0 Å². The van der Waals surface area contributed by atoms with E-state index in [0.717, 1.165) is 12.8 Å². The van der Waals surface area contributed by atoms with Crippen molar-refractivity contribution >= 4 is 23.3 Å². The normalized spacial score (nSPS) is 10.6. The van der Waals surface area contributed by atoms with Gasteiger partial charge in [0.25, 0.3) is 5.56 Å². The van der Waals surface area contributed by atoms with Gasteiger partial charge in [-0.15, -0.1) is 0 Å². The highest BCUT2D eigenvalue weighted by molar-refractivity contribution is 7.98. The zero-order valence-corrected chi connectivity index (χ0v) is 12.3. The lowest BCUT2D eigenvalue weighted by Gasteiger charge is -2.10. The number of nitrogens with one attached hydrogen (secondary N) is 2. The lowest BCUT2D eigenvalue weighted by molar-refractivity contribution is 0.688. The maximum Gasteiger partial charge on any atom is 0.329 e. The molecule has 19 heavy (non-hydrogen) atoms. The molecule has 0 fully saturated rings. The van der Waals surface area contributed by atoms with Crippen LogP contribution < -0.4 is 22.3 Å². The molecule has 0 radical (unpaired) electrons. The van der Waals surface area contributed by atoms with E-state index in [0.29, 0.717) is 6.54 Å². The van der Waals surface area contributed by atoms with Crippen LogP contribution >= 0.6 is 11.8 Å². The SMILES string of the molecule is CSCCCCCCNc1c(N)n(C)c(=O)[nH]c1=O. The third-order valence-corrected chi connectivity index (χ3v) is 3.64. The standard InChI is InChI=1S/C12H22N4O2S/c1-16-10(13)9(11(17)15-12(16)18)14-7-5-3-4-6-8-19-2/h14H,3-8,13H2,1-2H3,(H,15,17,18). The molecule has 0 amide bonds. The van der Waals surface area contributed by atoms with Crippen molar-refractivity contribution in [1.29, 1.82) is 0 Å². The van der Waals surface area contributed by atoms with E-state index in [4.69, 9.17) is 5.73 Å². The van der Waals surface area contributed by atoms with Gasteiger partial charge < -0.3 is 11.1 Å². The number of unbranched alkanes of at least 4 members (excludes halogenated alkanes) is 3. The Balaban J connectivity index is 2.44. The number of aromatic amines is 1. The number of anilines is 2. The fourth-order valence-electron chi connectivity index (χ4n) is 1.75. The molecule has 0 aliphatic heterocycles. The first-order chi connectivity index (χ1) is 9.07. The molecule has 0 unspecified atom stereocenters. The molecular formula is C12H22N4O2S. The number of hydrogen-bond donors (Lipinski definition) is 3. The first kappa shape index (κ1) is 15.7. The van der Waals surface area contributed by atoms with Gasteiger partial charge in [0.15, 0.2) is 0 Å². The van der Waals surface area contributed by atoms with Gasteiger partial charge in [0, 0.05) is 13.6 Å². The molecule has 0 aliphatic rings. The van der Waals surface area contributed by atoms with Gasteiger partial charge in [-0.2, -0.15) is 11.8 Å². The molecule has 1 rings (SSSR count). The topological polar surface area (TPSA) is 92.9 Å². The van der Waals surface area contributed by atoms with Crippen LogP contribution in [0.5, 0.6) is 0 Å². The van der Waals surface area contributed by atoms with E-state index >= 15 is 0 Å². The second-order valence-electron chi connectivity index (χ2n) is 4.41. The predicted octanol–water partition coefficient (Wildman–Crippen LogP) is 0.991. The lowest BCUT2D eigenvalue weighted by atomic mass is 10.2. The summed E-state index contributed by atoms with van der Waals surface area (Å²) in [5.74, 6) is 1.37. The Morgan fingerprint density at radius 1 is 1.26 bits per heavy atom. The largest absolute Gasteiger partial charge is 0.383 e. The van der Waals surface area contributed by atoms with Crippen molar-refractivity contribution in [2.75, 3.05) is 29.6 Å². The number of nitrogens with zero attached hydrogens (tertiary/aromatic N) is 1. The Labute approximate surface area is 116 Å². The molecule has 0 aliphatic carbocycles. The number of aromatic nitrogens is 2. The fraction of sp³-hybridized carbons (Fsp3) is 0.667. The molecule has 0 bridgehead atoms. The van der Waals surface area contributed by atoms with E-state index in [1.165, 1.54) is 30.2 Å². The van der Waals surface area contributed by atoms with Gasteiger partial charge in [0.1, 0.15) is 11.5 Å². The van der Waals surface area contributed by atoms with Crippen molar-refractivity contribution in [3.63, 3.8) is 0 Å². The van der Waals surface area contributed by atoms with E-state index in [9.17, 15) is 9.59 Å². The molecule has 1 heterocycles. The fourth-order valence-corrected chi connectivity index (χ4v) is 2.24. The highest BCUT2D eigenvalue weighted by atomic mass is 32.2. The third-order valence-electron chi connectivity index (χ3n) is 2.95. The first-order valence-electron chi connectivity index (χ1n) is 6.39. The predicted molar refractivity (Wildman–Crippen MR) is 82.1 cm³/mol. The lowest BCUT2D eigenvalue weighted by Crippen LogP contribution is -2.32. The Morgan fingerprint density at radius 3 is 2.63 bits per heavy atom. The maximum atomic E-state index is 11.6. The highest BCUT2D eigenvalue weighted by Gasteiger charge is 2.08. The van der Waals surface area contributed by atoms with Gasteiger partial charge in [0.2, 0.25) is 0 Å². The Bertz CT molecular complexity index is 509. The summed E-state index contributed by atoms with van der Waals surface area (Å²) in [7, 11) is 1.53. The van der Waals surface area contributed by atoms with Gasteiger partial charge >= 0.3 is 5.69 Å². The highest BCUT2D eigenvalue weighted by Crippen LogP contribution is 2.09. The quantitative estimate of drug-likeness (QED) is 0.620. The minimum absolute atomic E-state index is 0.177. The summed E-state index contributed by atoms with van der Waals surface area (Å²) in [5, 5.41) is 3.01. The molecule has 0 atom stereocenters. The molecule has 7 heteroatoms. The van der Waals surface area contributed by atoms with Gasteiger partial charge in [-0.1, -0.05) is 12.8 Å². The first-order valence-corrected chi connectivity index (χ1v) is 7.79. The van der Waals surface area contributed by atoms with Crippen LogP contribution in [-0.4, -0.2) is 28.1 Å². The summed E-state index contributed by atoms with van der Waals surface area (Å²) in [6, 6.07) is 0. The molecule has 0 aromatic carbocycles. The molecule has 4 N–H and O–H groups in total. The van der Waals surface area contributed by atoms with Gasteiger partial charge in [-0.25, -0.2) is 4.79 Å². The molecule has 0 spiro atoms. The summed E-state index contributed by atoms with van der Waals surface area (Å²) in [4.78, 5) is 25.1. The Morgan fingerprint density at radius 2 is 1.95 bits per heavy atom. The molecule has 0 saturated carbocycles. The average molecular weight is 286 g/mol. The second kappa shape index (κ2) is 7.93. The van der Waals surface area contributed by atoms with E-state index in [2.05, 4.69) is 16.6 Å². The van der Waals surface area contributed by atoms with Crippen molar-refractivity contribution in [1.82, 2.24) is 9.55 Å². The number of hydrogen-bond acceptors (Lipinski definition) is 5. The minimum atomic E-state index is -0.495. The Hall–Kier alpha value is -1.37. The number of rotatable bonds is 8. The van der Waals surface area contributed by atoms with Gasteiger partial charge in [0.05, 0.1) is 0 Å². The summed E-state index contributed by atoms with van der Waals surface area (Å²) in [6.07, 6.45) is 6.63. The van der Waals surface area contributed by atoms with E-state index in [1.54, 1.807) is 0 Å². The molecule has 108 valence electrons. The van der Waals surface area contributed by atoms with E-state index in [1.807, 2.05) is 11.8 Å². The number of thioether (sulfide) groups is 1. The van der Waals surface area contributed by atoms with Gasteiger partial charge in [-0.3, -0.25) is 14.3 Å². The third kappa shape index (κ3) is 4.66. The van der Waals surface area contributed by atoms with Crippen molar-refractivity contribution < 1.29 is 0 Å². The van der Waals surface area contributed by atoms with Crippen molar-refractivity contribution in [2.45, 2.75) is 25.7 Å². The average Bonchev–Trinajstić information content (AvgIpc) is 2.38. The molecule has 1 aromatic rings. The zero-order chi connectivity index (χ0) is 14.3. The van der Waals surface area contributed by atoms with E-state index < -0.39 is 11.2 Å². The van der Waals surface area contributed by atoms with Crippen LogP contribution in [0.3, 0.4) is 0 Å². The van der Waals surface area contributed by atoms with Crippen molar-refractivity contribution in [2.24, 2.45) is 7.05 Å². The summed E-state index contributed by atoms with van der Waals surface area (Å²) < 4.78 is 1.22. The van der Waals surface area contributed by atoms with Crippen molar-refractivity contribution in [3.05, 3.63) is 20.8 Å². The van der Waals surface area contributed by atoms with Crippen LogP contribution in [0, 0.1) is 0 Å². The monoisotopic (exact) mass is 286 g/mol. The second-order valence-corrected chi connectivity index (χ2v) is 5.40. The number of nitrogen functional groups attached to an aromatic ring is 1. The van der Waals surface area contributed by atoms with Crippen LogP contribution in [0.1, 0.15) is 25.7 Å². The maximum absolute atomic E-state index is 11.6. The zero-order valence-electron chi connectivity index (χ0n) is 11.5. The minimum Gasteiger partial charge on any atom is -0.383 e. The molecule has 0 saturated heterocycles. The summed E-state index contributed by atoms with van der Waals surface area (Å²) in [5.41, 5.74) is 5.08. The van der Waals surface area contributed by atoms with Crippen LogP contribution in [0.2, 0.25) is 0 Å². The van der Waals surface area contributed by atoms with Crippen LogP contribution in [0.25, 0.3) is 0 Å². The molecule has 6 nitrogen and oxygen atoms in total. The van der Waals surface area contributed by atoms with E-state index in [-0.39, 0.29) is 11.5 Å². The smallest absolute Gasteiger partial charge is 0.329 e. The summed E-state index contributed by atoms with van der Waals surface area (Å²) in [6.45, 7) is 0.685. The summed E-state index contributed by atoms with van der Waals surface area (Å²) >= 11 is 1.86. The number of nitrogens with two attached hydrogens (primary N) is 1. The molecular weight excluding hydrogens is 264 g/mol. The Kier molecular flexibility index (Phi) is 6.55. The molecule has 1 aromatic heterocycles. The van der Waals surface area contributed by atoms with Crippen LogP contribution in [-0.2, 0) is 7.05 Å². The van der Waals surface area contributed by atoms with Gasteiger partial charge in [-0.05, 0) is 24.9 Å². The van der Waals surface area contributed by atoms with Crippen LogP contribution in [0.4, 0.5) is 11.5 Å². The van der Waals surface area contributed by atoms with Crippen LogP contribution in [0.15, 0.2) is 9.59 Å². The number of H-pyrrole nitrogens is 1.